The summed E-state index contributed by atoms with van der Waals surface area (Å²) in [5.41, 5.74) is 2.45. The van der Waals surface area contributed by atoms with Crippen molar-refractivity contribution in [2.45, 2.75) is 46.3 Å². The molecule has 0 saturated carbocycles. The van der Waals surface area contributed by atoms with Crippen molar-refractivity contribution < 1.29 is 5.11 Å². The molecule has 0 fully saturated rings. The Bertz CT molecular complexity index is 409. The van der Waals surface area contributed by atoms with Gasteiger partial charge < -0.3 is 15.3 Å². The smallest absolute Gasteiger partial charge is 0.243 e. The van der Waals surface area contributed by atoms with E-state index in [0.29, 0.717) is 24.3 Å². The second kappa shape index (κ2) is 7.81. The number of aliphatic hydroxyl groups excluding tert-OH is 1. The van der Waals surface area contributed by atoms with Crippen molar-refractivity contribution in [3.8, 4) is 0 Å². The molecule has 0 bridgehead atoms. The molecule has 0 aliphatic rings. The Morgan fingerprint density at radius 3 is 2.25 bits per heavy atom. The number of rotatable bonds is 8. The lowest BCUT2D eigenvalue weighted by molar-refractivity contribution is 0.179. The van der Waals surface area contributed by atoms with E-state index in [1.54, 1.807) is 6.92 Å². The molecule has 2 unspecified atom stereocenters. The Labute approximate surface area is 119 Å². The summed E-state index contributed by atoms with van der Waals surface area (Å²) in [6.45, 7) is 9.38. The van der Waals surface area contributed by atoms with Crippen LogP contribution < -0.4 is 21.5 Å². The van der Waals surface area contributed by atoms with E-state index in [0.717, 1.165) is 13.1 Å². The van der Waals surface area contributed by atoms with Crippen LogP contribution in [0.3, 0.4) is 0 Å². The first-order valence-electron chi connectivity index (χ1n) is 6.92. The van der Waals surface area contributed by atoms with E-state index >= 15 is 0 Å². The monoisotopic (exact) mass is 283 g/mol. The maximum atomic E-state index is 9.39. The topological polar surface area (TPSA) is 112 Å². The molecule has 114 valence electrons. The molecule has 8 nitrogen and oxygen atoms in total. The average Bonchev–Trinajstić information content (AvgIpc) is 2.38. The zero-order chi connectivity index (χ0) is 15.1. The predicted octanol–water partition coefficient (Wildman–Crippen LogP) is 0.575. The van der Waals surface area contributed by atoms with Gasteiger partial charge in [0.1, 0.15) is 0 Å². The van der Waals surface area contributed by atoms with Gasteiger partial charge in [-0.15, -0.1) is 0 Å². The Hall–Kier alpha value is -1.67. The number of nitrogens with one attached hydrogen (secondary N) is 2. The second-order valence-electron chi connectivity index (χ2n) is 4.73. The summed E-state index contributed by atoms with van der Waals surface area (Å²) < 4.78 is 0. The number of hydrogen-bond acceptors (Lipinski definition) is 8. The molecule has 1 aromatic heterocycles. The molecule has 0 aromatic carbocycles. The zero-order valence-corrected chi connectivity index (χ0v) is 12.6. The van der Waals surface area contributed by atoms with Crippen molar-refractivity contribution in [1.29, 1.82) is 0 Å². The largest absolute Gasteiger partial charge is 0.393 e. The summed E-state index contributed by atoms with van der Waals surface area (Å²) in [6, 6.07) is 0.0487. The van der Waals surface area contributed by atoms with E-state index in [1.165, 1.54) is 0 Å². The number of hydrogen-bond donors (Lipinski definition) is 4. The van der Waals surface area contributed by atoms with Gasteiger partial charge in [0, 0.05) is 19.1 Å². The molecule has 0 radical (unpaired) electrons. The lowest BCUT2D eigenvalue weighted by atomic mass is 10.2. The fourth-order valence-electron chi connectivity index (χ4n) is 1.93. The molecule has 1 heterocycles. The predicted molar refractivity (Wildman–Crippen MR) is 80.6 cm³/mol. The van der Waals surface area contributed by atoms with Crippen LogP contribution in [-0.4, -0.2) is 45.3 Å². The Morgan fingerprint density at radius 2 is 1.75 bits per heavy atom. The molecule has 1 aromatic rings. The summed E-state index contributed by atoms with van der Waals surface area (Å²) in [7, 11) is 0. The highest BCUT2D eigenvalue weighted by atomic mass is 16.3. The first kappa shape index (κ1) is 16.4. The number of nitrogens with two attached hydrogens (primary N) is 1. The van der Waals surface area contributed by atoms with Crippen LogP contribution >= 0.6 is 0 Å². The molecule has 5 N–H and O–H groups in total. The van der Waals surface area contributed by atoms with Crippen LogP contribution in [0.1, 0.15) is 34.1 Å². The number of aromatic nitrogens is 3. The summed E-state index contributed by atoms with van der Waals surface area (Å²) >= 11 is 0. The third kappa shape index (κ3) is 4.78. The van der Waals surface area contributed by atoms with Crippen molar-refractivity contribution in [1.82, 2.24) is 15.0 Å². The van der Waals surface area contributed by atoms with E-state index < -0.39 is 0 Å². The van der Waals surface area contributed by atoms with Gasteiger partial charge in [0.05, 0.1) is 6.10 Å². The molecule has 0 amide bonds. The van der Waals surface area contributed by atoms with E-state index in [-0.39, 0.29) is 12.1 Å². The third-order valence-corrected chi connectivity index (χ3v) is 2.87. The van der Waals surface area contributed by atoms with Gasteiger partial charge in [-0.2, -0.15) is 15.0 Å². The average molecular weight is 283 g/mol. The summed E-state index contributed by atoms with van der Waals surface area (Å²) in [5, 5.41) is 12.5. The van der Waals surface area contributed by atoms with Crippen LogP contribution in [0.2, 0.25) is 0 Å². The molecule has 0 spiro atoms. The molecule has 8 heteroatoms. The van der Waals surface area contributed by atoms with Crippen LogP contribution in [0, 0.1) is 0 Å². The van der Waals surface area contributed by atoms with E-state index in [1.807, 2.05) is 25.7 Å². The maximum absolute atomic E-state index is 9.39. The number of aliphatic hydroxyl groups is 1. The van der Waals surface area contributed by atoms with Gasteiger partial charge >= 0.3 is 0 Å². The standard InChI is InChI=1S/C12H25N7O/c1-5-19(6-2)12-16-10(15-11(17-12)18-13)14-8(3)7-9(4)20/h8-9,20H,5-7,13H2,1-4H3,(H2,14,15,16,17,18). The lowest BCUT2D eigenvalue weighted by Crippen LogP contribution is -2.27. The van der Waals surface area contributed by atoms with Crippen molar-refractivity contribution in [3.05, 3.63) is 0 Å². The zero-order valence-electron chi connectivity index (χ0n) is 12.6. The van der Waals surface area contributed by atoms with Crippen molar-refractivity contribution in [3.63, 3.8) is 0 Å². The fourth-order valence-corrected chi connectivity index (χ4v) is 1.93. The molecule has 2 atom stereocenters. The van der Waals surface area contributed by atoms with Crippen molar-refractivity contribution >= 4 is 17.8 Å². The molecule has 0 saturated heterocycles. The minimum absolute atomic E-state index is 0.0487. The highest BCUT2D eigenvalue weighted by molar-refractivity contribution is 5.43. The van der Waals surface area contributed by atoms with Crippen LogP contribution in [0.4, 0.5) is 17.8 Å². The van der Waals surface area contributed by atoms with Crippen molar-refractivity contribution in [2.75, 3.05) is 28.7 Å². The third-order valence-electron chi connectivity index (χ3n) is 2.87. The van der Waals surface area contributed by atoms with Crippen molar-refractivity contribution in [2.24, 2.45) is 5.84 Å². The molecule has 1 rings (SSSR count). The van der Waals surface area contributed by atoms with Crippen LogP contribution in [-0.2, 0) is 0 Å². The summed E-state index contributed by atoms with van der Waals surface area (Å²) in [5.74, 6) is 6.73. The minimum Gasteiger partial charge on any atom is -0.393 e. The maximum Gasteiger partial charge on any atom is 0.243 e. The van der Waals surface area contributed by atoms with Crippen LogP contribution in [0.25, 0.3) is 0 Å². The normalized spacial score (nSPS) is 13.7. The first-order chi connectivity index (χ1) is 9.49. The van der Waals surface area contributed by atoms with Gasteiger partial charge in [-0.3, -0.25) is 5.43 Å². The van der Waals surface area contributed by atoms with Gasteiger partial charge in [0.2, 0.25) is 17.8 Å². The second-order valence-corrected chi connectivity index (χ2v) is 4.73. The SMILES string of the molecule is CCN(CC)c1nc(NN)nc(NC(C)CC(C)O)n1. The fraction of sp³-hybridized carbons (Fsp3) is 0.750. The van der Waals surface area contributed by atoms with Gasteiger partial charge in [0.25, 0.3) is 0 Å². The quantitative estimate of drug-likeness (QED) is 0.405. The van der Waals surface area contributed by atoms with E-state index in [9.17, 15) is 5.11 Å². The number of nitrogens with zero attached hydrogens (tertiary/aromatic N) is 4. The molecular weight excluding hydrogens is 258 g/mol. The van der Waals surface area contributed by atoms with Gasteiger partial charge in [-0.1, -0.05) is 0 Å². The lowest BCUT2D eigenvalue weighted by Gasteiger charge is -2.21. The molecular formula is C12H25N7O. The minimum atomic E-state index is -0.381. The Kier molecular flexibility index (Phi) is 6.40. The van der Waals surface area contributed by atoms with Crippen LogP contribution in [0.5, 0.6) is 0 Å². The number of hydrazine groups is 1. The van der Waals surface area contributed by atoms with Crippen LogP contribution in [0.15, 0.2) is 0 Å². The Balaban J connectivity index is 2.92. The van der Waals surface area contributed by atoms with E-state index in [4.69, 9.17) is 5.84 Å². The van der Waals surface area contributed by atoms with Gasteiger partial charge in [-0.25, -0.2) is 5.84 Å². The van der Waals surface area contributed by atoms with E-state index in [2.05, 4.69) is 25.7 Å². The molecule has 0 aliphatic heterocycles. The first-order valence-corrected chi connectivity index (χ1v) is 6.92. The molecule has 0 aliphatic carbocycles. The number of anilines is 3. The number of nitrogen functional groups attached to an aromatic ring is 1. The summed E-state index contributed by atoms with van der Waals surface area (Å²) in [4.78, 5) is 14.8. The van der Waals surface area contributed by atoms with Gasteiger partial charge in [0.15, 0.2) is 0 Å². The van der Waals surface area contributed by atoms with Gasteiger partial charge in [-0.05, 0) is 34.1 Å². The molecule has 20 heavy (non-hydrogen) atoms. The highest BCUT2D eigenvalue weighted by Crippen LogP contribution is 2.14. The Morgan fingerprint density at radius 1 is 1.15 bits per heavy atom. The highest BCUT2D eigenvalue weighted by Gasteiger charge is 2.13. The summed E-state index contributed by atoms with van der Waals surface area (Å²) in [6.07, 6.45) is 0.228.